The van der Waals surface area contributed by atoms with E-state index in [0.717, 1.165) is 0 Å². The zero-order valence-corrected chi connectivity index (χ0v) is 7.54. The van der Waals surface area contributed by atoms with Crippen molar-refractivity contribution in [3.8, 4) is 0 Å². The normalized spacial score (nSPS) is 6.55. The van der Waals surface area contributed by atoms with E-state index in [1.807, 2.05) is 0 Å². The predicted octanol–water partition coefficient (Wildman–Crippen LogP) is 5.28. The highest BCUT2D eigenvalue weighted by Crippen LogP contribution is 1.95. The lowest BCUT2D eigenvalue weighted by Crippen LogP contribution is -1.66. The van der Waals surface area contributed by atoms with Crippen LogP contribution in [-0.4, -0.2) is 0 Å². The molecule has 0 nitrogen and oxygen atoms in total. The van der Waals surface area contributed by atoms with E-state index >= 15 is 0 Å². The quantitative estimate of drug-likeness (QED) is 0.496. The molecule has 0 aromatic carbocycles. The highest BCUT2D eigenvalue weighted by atomic mass is 13.8. The Balaban J connectivity index is -0.0000000437. The van der Waals surface area contributed by atoms with Gasteiger partial charge in [0.2, 0.25) is 0 Å². The second-order valence-electron chi connectivity index (χ2n) is 2.41. The second-order valence-corrected chi connectivity index (χ2v) is 2.41. The topological polar surface area (TPSA) is 0 Å². The fourth-order valence-electron chi connectivity index (χ4n) is 0.500. The van der Waals surface area contributed by atoms with Gasteiger partial charge in [-0.2, -0.15) is 0 Å². The molecule has 0 radical (unpaired) electrons. The van der Waals surface area contributed by atoms with Crippen molar-refractivity contribution in [2.75, 3.05) is 0 Å². The van der Waals surface area contributed by atoms with Crippen LogP contribution in [0.25, 0.3) is 0 Å². The first-order valence-electron chi connectivity index (χ1n) is 4.33. The number of hydrogen-bond donors (Lipinski definition) is 0. The van der Waals surface area contributed by atoms with E-state index in [-0.39, 0.29) is 14.9 Å². The van der Waals surface area contributed by atoms with Crippen LogP contribution in [0.1, 0.15) is 74.7 Å². The van der Waals surface area contributed by atoms with E-state index in [0.29, 0.717) is 0 Å². The van der Waals surface area contributed by atoms with Crippen LogP contribution >= 0.6 is 0 Å². The van der Waals surface area contributed by atoms with Crippen molar-refractivity contribution in [1.29, 1.82) is 0 Å². The second kappa shape index (κ2) is 32.4. The molecule has 0 aliphatic rings. The van der Waals surface area contributed by atoms with E-state index in [2.05, 4.69) is 27.7 Å². The van der Waals surface area contributed by atoms with Gasteiger partial charge in [0.25, 0.3) is 0 Å². The minimum absolute atomic E-state index is 0. The molecule has 0 heteroatoms. The van der Waals surface area contributed by atoms with Gasteiger partial charge in [0.15, 0.2) is 0 Å². The van der Waals surface area contributed by atoms with Crippen LogP contribution < -0.4 is 0 Å². The average Bonchev–Trinajstić information content (AvgIpc) is 1.86. The zero-order valence-electron chi connectivity index (χ0n) is 7.54. The zero-order chi connectivity index (χ0) is 7.54. The lowest BCUT2D eigenvalue weighted by molar-refractivity contribution is 0.702. The molecule has 0 aliphatic carbocycles. The third-order valence-corrected chi connectivity index (χ3v) is 0.957. The number of unbranched alkanes of at least 4 members (excludes halogenated alkanes) is 3. The molecule has 0 aromatic rings. The molecule has 0 aromatic heterocycles. The van der Waals surface area contributed by atoms with Gasteiger partial charge in [-0.3, -0.25) is 0 Å². The molecule has 0 fully saturated rings. The van der Waals surface area contributed by atoms with Crippen molar-refractivity contribution in [3.05, 3.63) is 0 Å². The number of hydrogen-bond acceptors (Lipinski definition) is 0. The van der Waals surface area contributed by atoms with E-state index in [1.54, 1.807) is 0 Å². The molecule has 0 saturated heterocycles. The van der Waals surface area contributed by atoms with E-state index in [9.17, 15) is 0 Å². The maximum atomic E-state index is 2.23. The summed E-state index contributed by atoms with van der Waals surface area (Å²) >= 11 is 0. The van der Waals surface area contributed by atoms with Gasteiger partial charge in [-0.05, 0) is 0 Å². The summed E-state index contributed by atoms with van der Waals surface area (Å²) in [6.07, 6.45) is 6.79. The van der Waals surface area contributed by atoms with Crippen molar-refractivity contribution >= 4 is 0 Å². The standard InChI is InChI=1S/C6H14.C3H8.2CH4/c1-3-5-6-4-2;1-3-2;;/h3-6H2,1-2H3;3H2,1-2H3;2*1H4. The maximum absolute atomic E-state index is 2.23. The molecule has 74 valence electrons. The summed E-state index contributed by atoms with van der Waals surface area (Å²) in [7, 11) is 0. The minimum Gasteiger partial charge on any atom is -0.0776 e. The summed E-state index contributed by atoms with van der Waals surface area (Å²) < 4.78 is 0. The Bertz CT molecular complexity index is 19.2. The van der Waals surface area contributed by atoms with Gasteiger partial charge in [-0.25, -0.2) is 0 Å². The molecule has 0 N–H and O–H groups in total. The molecule has 0 spiro atoms. The molecule has 0 atom stereocenters. The molecule has 0 aliphatic heterocycles. The summed E-state index contributed by atoms with van der Waals surface area (Å²) in [5.41, 5.74) is 0. The monoisotopic (exact) mass is 162 g/mol. The third kappa shape index (κ3) is 71.1. The molecule has 0 unspecified atom stereocenters. The first kappa shape index (κ1) is 22.4. The summed E-state index contributed by atoms with van der Waals surface area (Å²) in [4.78, 5) is 0. The van der Waals surface area contributed by atoms with E-state index in [1.165, 1.54) is 32.1 Å². The van der Waals surface area contributed by atoms with Gasteiger partial charge < -0.3 is 0 Å². The van der Waals surface area contributed by atoms with Crippen LogP contribution in [-0.2, 0) is 0 Å². The lowest BCUT2D eigenvalue weighted by Gasteiger charge is -1.86. The summed E-state index contributed by atoms with van der Waals surface area (Å²) in [5, 5.41) is 0. The Morgan fingerprint density at radius 1 is 0.636 bits per heavy atom. The Labute approximate surface area is 75.4 Å². The van der Waals surface area contributed by atoms with Crippen LogP contribution in [0.4, 0.5) is 0 Å². The minimum atomic E-state index is 0. The fourth-order valence-corrected chi connectivity index (χ4v) is 0.500. The first-order chi connectivity index (χ1) is 4.33. The highest BCUT2D eigenvalue weighted by molar-refractivity contribution is 4.31. The largest absolute Gasteiger partial charge is 0.0776 e. The van der Waals surface area contributed by atoms with E-state index < -0.39 is 0 Å². The molecular formula is C11H30. The third-order valence-electron chi connectivity index (χ3n) is 0.957. The lowest BCUT2D eigenvalue weighted by atomic mass is 10.2. The molecule has 0 heterocycles. The van der Waals surface area contributed by atoms with Gasteiger partial charge in [-0.15, -0.1) is 0 Å². The first-order valence-corrected chi connectivity index (χ1v) is 4.33. The summed E-state index contributed by atoms with van der Waals surface area (Å²) in [6.45, 7) is 8.71. The summed E-state index contributed by atoms with van der Waals surface area (Å²) in [6, 6.07) is 0. The van der Waals surface area contributed by atoms with Gasteiger partial charge in [0.1, 0.15) is 0 Å². The Kier molecular flexibility index (Phi) is 66.1. The highest BCUT2D eigenvalue weighted by Gasteiger charge is 1.75. The number of rotatable bonds is 3. The SMILES string of the molecule is C.C.CCC.CCCCCC. The average molecular weight is 162 g/mol. The Hall–Kier alpha value is 0. The maximum Gasteiger partial charge on any atom is -0.0536 e. The summed E-state index contributed by atoms with van der Waals surface area (Å²) in [5.74, 6) is 0. The molecule has 0 amide bonds. The smallest absolute Gasteiger partial charge is 0.0536 e. The van der Waals surface area contributed by atoms with Crippen molar-refractivity contribution < 1.29 is 0 Å². The van der Waals surface area contributed by atoms with Crippen molar-refractivity contribution in [2.45, 2.75) is 74.7 Å². The van der Waals surface area contributed by atoms with Gasteiger partial charge in [0, 0.05) is 0 Å². The van der Waals surface area contributed by atoms with Gasteiger partial charge >= 0.3 is 0 Å². The molecule has 0 bridgehead atoms. The molecule has 0 saturated carbocycles. The van der Waals surface area contributed by atoms with Gasteiger partial charge in [0.05, 0.1) is 0 Å². The Morgan fingerprint density at radius 3 is 0.909 bits per heavy atom. The van der Waals surface area contributed by atoms with Crippen molar-refractivity contribution in [3.63, 3.8) is 0 Å². The van der Waals surface area contributed by atoms with Crippen molar-refractivity contribution in [1.82, 2.24) is 0 Å². The van der Waals surface area contributed by atoms with Gasteiger partial charge in [-0.1, -0.05) is 74.7 Å². The van der Waals surface area contributed by atoms with Crippen LogP contribution in [0.5, 0.6) is 0 Å². The molecular weight excluding hydrogens is 132 g/mol. The van der Waals surface area contributed by atoms with Crippen molar-refractivity contribution in [2.24, 2.45) is 0 Å². The van der Waals surface area contributed by atoms with Crippen LogP contribution in [0.15, 0.2) is 0 Å². The van der Waals surface area contributed by atoms with Crippen LogP contribution in [0.3, 0.4) is 0 Å². The van der Waals surface area contributed by atoms with E-state index in [4.69, 9.17) is 0 Å². The van der Waals surface area contributed by atoms with Crippen LogP contribution in [0, 0.1) is 0 Å². The molecule has 0 rings (SSSR count). The fraction of sp³-hybridized carbons (Fsp3) is 1.00. The Morgan fingerprint density at radius 2 is 0.818 bits per heavy atom. The molecule has 11 heavy (non-hydrogen) atoms. The predicted molar refractivity (Wildman–Crippen MR) is 59.2 cm³/mol. The van der Waals surface area contributed by atoms with Crippen LogP contribution in [0.2, 0.25) is 0 Å².